The Morgan fingerprint density at radius 1 is 1.70 bits per heavy atom. The van der Waals surface area contributed by atoms with Crippen molar-refractivity contribution in [2.24, 2.45) is 5.92 Å². The van der Waals surface area contributed by atoms with Gasteiger partial charge in [0.05, 0.1) is 12.5 Å². The molecule has 1 fully saturated rings. The maximum Gasteiger partial charge on any atom is 0.250 e. The number of carbonyl (C=O) groups is 1. The minimum Gasteiger partial charge on any atom is -0.393 e. The van der Waals surface area contributed by atoms with Gasteiger partial charge < -0.3 is 25.2 Å². The number of aliphatic hydroxyl groups is 2. The summed E-state index contributed by atoms with van der Waals surface area (Å²) in [4.78, 5) is 12.6. The quantitative estimate of drug-likeness (QED) is 0.583. The van der Waals surface area contributed by atoms with Gasteiger partial charge in [0.2, 0.25) is 0 Å². The van der Waals surface area contributed by atoms with E-state index in [-0.39, 0.29) is 11.7 Å². The Morgan fingerprint density at radius 3 is 2.90 bits per heavy atom. The lowest BCUT2D eigenvalue weighted by Gasteiger charge is -2.33. The zero-order valence-electron chi connectivity index (χ0n) is 10.6. The molecule has 2 heterocycles. The molecule has 2 aliphatic heterocycles. The van der Waals surface area contributed by atoms with E-state index in [1.54, 1.807) is 0 Å². The Labute approximate surface area is 115 Å². The summed E-state index contributed by atoms with van der Waals surface area (Å²) >= 11 is 0. The van der Waals surface area contributed by atoms with Gasteiger partial charge in [-0.05, 0) is 0 Å². The molecule has 1 saturated heterocycles. The SMILES string of the molecule is C#C[C@@H]1[C@H](N2C=CC(=O)NC2=C)O[C@@](CO)(CF)[C@H]1O. The number of nitrogens with one attached hydrogen (secondary N) is 1. The van der Waals surface area contributed by atoms with Gasteiger partial charge in [0.25, 0.3) is 5.91 Å². The fourth-order valence-corrected chi connectivity index (χ4v) is 2.28. The number of terminal acetylenes is 1. The number of ether oxygens (including phenoxy) is 1. The maximum atomic E-state index is 13.2. The van der Waals surface area contributed by atoms with Crippen molar-refractivity contribution in [2.75, 3.05) is 13.3 Å². The van der Waals surface area contributed by atoms with E-state index in [4.69, 9.17) is 11.2 Å². The summed E-state index contributed by atoms with van der Waals surface area (Å²) < 4.78 is 18.6. The first-order valence-electron chi connectivity index (χ1n) is 5.94. The molecule has 108 valence electrons. The van der Waals surface area contributed by atoms with Crippen molar-refractivity contribution in [3.8, 4) is 12.3 Å². The molecule has 6 nitrogen and oxygen atoms in total. The number of hydrogen-bond acceptors (Lipinski definition) is 5. The van der Waals surface area contributed by atoms with Gasteiger partial charge >= 0.3 is 0 Å². The van der Waals surface area contributed by atoms with Gasteiger partial charge in [0.15, 0.2) is 6.23 Å². The zero-order chi connectivity index (χ0) is 14.9. The molecule has 2 aliphatic rings. The van der Waals surface area contributed by atoms with Crippen molar-refractivity contribution >= 4 is 5.91 Å². The van der Waals surface area contributed by atoms with Gasteiger partial charge in [-0.2, -0.15) is 0 Å². The summed E-state index contributed by atoms with van der Waals surface area (Å²) in [7, 11) is 0. The molecule has 7 heteroatoms. The van der Waals surface area contributed by atoms with E-state index >= 15 is 0 Å². The minimum atomic E-state index is -1.77. The van der Waals surface area contributed by atoms with Gasteiger partial charge in [-0.1, -0.05) is 12.5 Å². The number of carbonyl (C=O) groups excluding carboxylic acids is 1. The van der Waals surface area contributed by atoms with E-state index in [0.717, 1.165) is 0 Å². The maximum absolute atomic E-state index is 13.2. The van der Waals surface area contributed by atoms with E-state index in [1.807, 2.05) is 0 Å². The summed E-state index contributed by atoms with van der Waals surface area (Å²) in [5, 5.41) is 21.9. The lowest BCUT2D eigenvalue weighted by Crippen LogP contribution is -2.47. The van der Waals surface area contributed by atoms with Crippen LogP contribution in [0.15, 0.2) is 24.7 Å². The van der Waals surface area contributed by atoms with Crippen molar-refractivity contribution in [2.45, 2.75) is 17.9 Å². The molecule has 1 amide bonds. The number of rotatable bonds is 3. The molecular weight excluding hydrogens is 267 g/mol. The Kier molecular flexibility index (Phi) is 3.81. The predicted molar refractivity (Wildman–Crippen MR) is 67.3 cm³/mol. The molecule has 0 aromatic heterocycles. The first-order chi connectivity index (χ1) is 9.49. The van der Waals surface area contributed by atoms with E-state index < -0.39 is 37.1 Å². The predicted octanol–water partition coefficient (Wildman–Crippen LogP) is -0.930. The van der Waals surface area contributed by atoms with E-state index in [2.05, 4.69) is 17.8 Å². The van der Waals surface area contributed by atoms with Crippen LogP contribution in [-0.4, -0.2) is 52.2 Å². The highest BCUT2D eigenvalue weighted by molar-refractivity contribution is 5.89. The second kappa shape index (κ2) is 5.25. The molecule has 0 saturated carbocycles. The van der Waals surface area contributed by atoms with Gasteiger partial charge in [0.1, 0.15) is 24.2 Å². The third kappa shape index (κ3) is 2.08. The molecule has 2 rings (SSSR count). The van der Waals surface area contributed by atoms with Crippen LogP contribution < -0.4 is 5.32 Å². The molecule has 20 heavy (non-hydrogen) atoms. The number of amides is 1. The smallest absolute Gasteiger partial charge is 0.250 e. The van der Waals surface area contributed by atoms with Gasteiger partial charge in [-0.25, -0.2) is 4.39 Å². The molecule has 3 N–H and O–H groups in total. The van der Waals surface area contributed by atoms with Crippen LogP contribution in [-0.2, 0) is 9.53 Å². The molecule has 0 unspecified atom stereocenters. The second-order valence-corrected chi connectivity index (χ2v) is 4.66. The summed E-state index contributed by atoms with van der Waals surface area (Å²) in [6.07, 6.45) is 5.68. The standard InChI is InChI=1S/C13H15FN2O4/c1-3-9-11(19)13(6-14,7-17)20-12(9)16-5-4-10(18)15-8(16)2/h1,4-5,9,11-12,17,19H,2,6-7H2,(H,15,18)/t9-,11-,12+,13+/m0/s1. The highest BCUT2D eigenvalue weighted by atomic mass is 19.1. The summed E-state index contributed by atoms with van der Waals surface area (Å²) in [6.45, 7) is 1.84. The van der Waals surface area contributed by atoms with Gasteiger partial charge in [-0.3, -0.25) is 4.79 Å². The van der Waals surface area contributed by atoms with Crippen LogP contribution in [0.2, 0.25) is 0 Å². The number of halogens is 1. The average molecular weight is 282 g/mol. The third-order valence-electron chi connectivity index (χ3n) is 3.47. The Bertz CT molecular complexity index is 495. The molecular formula is C13H15FN2O4. The van der Waals surface area contributed by atoms with Crippen molar-refractivity contribution < 1.29 is 24.1 Å². The largest absolute Gasteiger partial charge is 0.393 e. The Hall–Kier alpha value is -1.88. The first kappa shape index (κ1) is 14.5. The van der Waals surface area contributed by atoms with Crippen LogP contribution in [0.1, 0.15) is 0 Å². The summed E-state index contributed by atoms with van der Waals surface area (Å²) in [5.41, 5.74) is -1.77. The van der Waals surface area contributed by atoms with Crippen molar-refractivity contribution in [1.29, 1.82) is 0 Å². The zero-order valence-corrected chi connectivity index (χ0v) is 10.6. The van der Waals surface area contributed by atoms with Crippen molar-refractivity contribution in [3.63, 3.8) is 0 Å². The third-order valence-corrected chi connectivity index (χ3v) is 3.47. The first-order valence-corrected chi connectivity index (χ1v) is 5.94. The van der Waals surface area contributed by atoms with Gasteiger partial charge in [-0.15, -0.1) is 6.42 Å². The molecule has 0 aromatic carbocycles. The molecule has 4 atom stereocenters. The number of aliphatic hydroxyl groups excluding tert-OH is 2. The van der Waals surface area contributed by atoms with Crippen molar-refractivity contribution in [3.05, 3.63) is 24.7 Å². The van der Waals surface area contributed by atoms with Crippen molar-refractivity contribution in [1.82, 2.24) is 10.2 Å². The van der Waals surface area contributed by atoms with Crippen LogP contribution in [0, 0.1) is 18.3 Å². The van der Waals surface area contributed by atoms with E-state index in [9.17, 15) is 19.4 Å². The lowest BCUT2D eigenvalue weighted by atomic mass is 9.91. The molecule has 0 bridgehead atoms. The minimum absolute atomic E-state index is 0.197. The molecule has 0 aromatic rings. The van der Waals surface area contributed by atoms with E-state index in [1.165, 1.54) is 17.2 Å². The normalized spacial score (nSPS) is 36.9. The van der Waals surface area contributed by atoms with E-state index in [0.29, 0.717) is 0 Å². The van der Waals surface area contributed by atoms with Gasteiger partial charge in [0, 0.05) is 12.3 Å². The van der Waals surface area contributed by atoms with Crippen LogP contribution in [0.3, 0.4) is 0 Å². The summed E-state index contributed by atoms with van der Waals surface area (Å²) in [5.74, 6) is 1.29. The van der Waals surface area contributed by atoms with Crippen LogP contribution in [0.25, 0.3) is 0 Å². The fraction of sp³-hybridized carbons (Fsp3) is 0.462. The number of nitrogens with zero attached hydrogens (tertiary/aromatic N) is 1. The second-order valence-electron chi connectivity index (χ2n) is 4.66. The molecule has 0 radical (unpaired) electrons. The number of alkyl halides is 1. The van der Waals surface area contributed by atoms with Crippen LogP contribution in [0.4, 0.5) is 4.39 Å². The Balaban J connectivity index is 2.33. The molecule has 0 spiro atoms. The Morgan fingerprint density at radius 2 is 2.40 bits per heavy atom. The average Bonchev–Trinajstić information content (AvgIpc) is 2.71. The van der Waals surface area contributed by atoms with Crippen LogP contribution >= 0.6 is 0 Å². The lowest BCUT2D eigenvalue weighted by molar-refractivity contribution is -0.144. The van der Waals surface area contributed by atoms with Crippen LogP contribution in [0.5, 0.6) is 0 Å². The monoisotopic (exact) mass is 282 g/mol. The topological polar surface area (TPSA) is 82.0 Å². The summed E-state index contributed by atoms with van der Waals surface area (Å²) in [6, 6.07) is 0. The molecule has 0 aliphatic carbocycles. The highest BCUT2D eigenvalue weighted by Gasteiger charge is 2.56. The highest BCUT2D eigenvalue weighted by Crippen LogP contribution is 2.38. The number of hydrogen-bond donors (Lipinski definition) is 3. The fourth-order valence-electron chi connectivity index (χ4n) is 2.28.